The fraction of sp³-hybridized carbons (Fsp3) is 0.333. The summed E-state index contributed by atoms with van der Waals surface area (Å²) < 4.78 is 11.2. The van der Waals surface area contributed by atoms with Gasteiger partial charge in [0.15, 0.2) is 6.61 Å². The van der Waals surface area contributed by atoms with E-state index in [4.69, 9.17) is 9.47 Å². The van der Waals surface area contributed by atoms with Crippen molar-refractivity contribution in [2.75, 3.05) is 6.61 Å². The van der Waals surface area contributed by atoms with Gasteiger partial charge in [-0.3, -0.25) is 0 Å². The maximum absolute atomic E-state index is 11.7. The second-order valence-corrected chi connectivity index (χ2v) is 6.09. The molecule has 20 heavy (non-hydrogen) atoms. The van der Waals surface area contributed by atoms with Crippen LogP contribution in [0.4, 0.5) is 0 Å². The summed E-state index contributed by atoms with van der Waals surface area (Å²) in [6.07, 6.45) is 0. The molecule has 0 N–H and O–H groups in total. The van der Waals surface area contributed by atoms with E-state index >= 15 is 0 Å². The van der Waals surface area contributed by atoms with E-state index in [1.54, 1.807) is 13.8 Å². The fourth-order valence-electron chi connectivity index (χ4n) is 1.47. The summed E-state index contributed by atoms with van der Waals surface area (Å²) in [5.74, 6) is -1.20. The Bertz CT molecular complexity index is 517. The third-order valence-corrected chi connectivity index (χ3v) is 3.30. The normalized spacial score (nSPS) is 10.8. The summed E-state index contributed by atoms with van der Waals surface area (Å²) in [5.41, 5.74) is 0.337. The smallest absolute Gasteiger partial charge is 0.345 e. The van der Waals surface area contributed by atoms with Gasteiger partial charge >= 0.3 is 11.9 Å². The van der Waals surface area contributed by atoms with E-state index in [1.807, 2.05) is 24.3 Å². The van der Waals surface area contributed by atoms with Gasteiger partial charge in [0.25, 0.3) is 0 Å². The number of esters is 2. The van der Waals surface area contributed by atoms with E-state index in [0.29, 0.717) is 0 Å². The van der Waals surface area contributed by atoms with Crippen molar-refractivity contribution in [2.24, 2.45) is 0 Å². The average Bonchev–Trinajstić information content (AvgIpc) is 2.35. The Balaban J connectivity index is 2.62. The summed E-state index contributed by atoms with van der Waals surface area (Å²) in [6.45, 7) is 8.11. The van der Waals surface area contributed by atoms with Crippen molar-refractivity contribution >= 4 is 34.5 Å². The van der Waals surface area contributed by atoms with Gasteiger partial charge in [0.05, 0.1) is 0 Å². The zero-order valence-corrected chi connectivity index (χ0v) is 13.9. The second kappa shape index (κ2) is 6.88. The van der Waals surface area contributed by atoms with Crippen LogP contribution in [0.1, 0.15) is 26.3 Å². The number of ether oxygens (including phenoxy) is 2. The standard InChI is InChI=1S/C15H17IO4/c1-10(2)14(18)19-9-13(17)20-15(3,4)11-5-7-12(16)8-6-11/h5-8H,1,9H2,2-4H3. The van der Waals surface area contributed by atoms with E-state index in [0.717, 1.165) is 9.13 Å². The molecule has 5 heteroatoms. The molecule has 0 aliphatic heterocycles. The van der Waals surface area contributed by atoms with Crippen molar-refractivity contribution in [1.82, 2.24) is 0 Å². The Kier molecular flexibility index (Phi) is 5.74. The molecule has 1 aromatic rings. The van der Waals surface area contributed by atoms with Crippen molar-refractivity contribution in [3.05, 3.63) is 45.6 Å². The van der Waals surface area contributed by atoms with E-state index in [1.165, 1.54) is 6.92 Å². The van der Waals surface area contributed by atoms with Crippen molar-refractivity contribution in [2.45, 2.75) is 26.4 Å². The van der Waals surface area contributed by atoms with Crippen molar-refractivity contribution in [3.8, 4) is 0 Å². The number of halogens is 1. The minimum Gasteiger partial charge on any atom is -0.452 e. The van der Waals surface area contributed by atoms with Gasteiger partial charge in [-0.05, 0) is 61.1 Å². The van der Waals surface area contributed by atoms with E-state index in [9.17, 15) is 9.59 Å². The second-order valence-electron chi connectivity index (χ2n) is 4.85. The number of hydrogen-bond donors (Lipinski definition) is 0. The minimum absolute atomic E-state index is 0.245. The zero-order valence-electron chi connectivity index (χ0n) is 11.7. The molecule has 0 saturated heterocycles. The highest BCUT2D eigenvalue weighted by Crippen LogP contribution is 2.25. The molecule has 0 radical (unpaired) electrons. The molecule has 108 valence electrons. The molecule has 0 spiro atoms. The molecule has 0 heterocycles. The van der Waals surface area contributed by atoms with E-state index < -0.39 is 24.1 Å². The summed E-state index contributed by atoms with van der Waals surface area (Å²) in [4.78, 5) is 22.9. The van der Waals surface area contributed by atoms with Gasteiger partial charge in [-0.25, -0.2) is 9.59 Å². The third kappa shape index (κ3) is 4.96. The van der Waals surface area contributed by atoms with Gasteiger partial charge in [-0.1, -0.05) is 18.7 Å². The van der Waals surface area contributed by atoms with Gasteiger partial charge in [0.2, 0.25) is 0 Å². The Morgan fingerprint density at radius 2 is 1.80 bits per heavy atom. The van der Waals surface area contributed by atoms with Gasteiger partial charge in [0, 0.05) is 9.14 Å². The van der Waals surface area contributed by atoms with Crippen LogP contribution in [0.15, 0.2) is 36.4 Å². The Hall–Kier alpha value is -1.37. The third-order valence-electron chi connectivity index (χ3n) is 2.58. The molecule has 1 aromatic carbocycles. The van der Waals surface area contributed by atoms with Crippen molar-refractivity contribution in [1.29, 1.82) is 0 Å². The molecule has 0 atom stereocenters. The summed E-state index contributed by atoms with van der Waals surface area (Å²) in [7, 11) is 0. The maximum atomic E-state index is 11.7. The quantitative estimate of drug-likeness (QED) is 0.442. The molecule has 0 amide bonds. The highest BCUT2D eigenvalue weighted by Gasteiger charge is 2.25. The molecule has 0 unspecified atom stereocenters. The van der Waals surface area contributed by atoms with Gasteiger partial charge in [0.1, 0.15) is 5.60 Å². The monoisotopic (exact) mass is 388 g/mol. The first-order valence-corrected chi connectivity index (χ1v) is 7.11. The first-order chi connectivity index (χ1) is 9.22. The minimum atomic E-state index is -0.781. The number of hydrogen-bond acceptors (Lipinski definition) is 4. The Morgan fingerprint density at radius 1 is 1.25 bits per heavy atom. The van der Waals surface area contributed by atoms with Crippen LogP contribution in [0, 0.1) is 3.57 Å². The van der Waals surface area contributed by atoms with Crippen LogP contribution in [0.2, 0.25) is 0 Å². The highest BCUT2D eigenvalue weighted by atomic mass is 127. The topological polar surface area (TPSA) is 52.6 Å². The van der Waals surface area contributed by atoms with Crippen LogP contribution >= 0.6 is 22.6 Å². The molecule has 0 fully saturated rings. The number of carbonyl (C=O) groups is 2. The summed E-state index contributed by atoms with van der Waals surface area (Å²) in [5, 5.41) is 0. The first kappa shape index (κ1) is 16.7. The Labute approximate surface area is 132 Å². The Morgan fingerprint density at radius 3 is 2.30 bits per heavy atom. The van der Waals surface area contributed by atoms with Crippen molar-refractivity contribution < 1.29 is 19.1 Å². The average molecular weight is 388 g/mol. The van der Waals surface area contributed by atoms with Crippen LogP contribution in [-0.4, -0.2) is 18.5 Å². The predicted molar refractivity (Wildman–Crippen MR) is 84.1 cm³/mol. The molecule has 1 rings (SSSR count). The molecule has 0 aliphatic carbocycles. The fourth-order valence-corrected chi connectivity index (χ4v) is 1.83. The number of rotatable bonds is 5. The highest BCUT2D eigenvalue weighted by molar-refractivity contribution is 14.1. The predicted octanol–water partition coefficient (Wildman–Crippen LogP) is 3.19. The lowest BCUT2D eigenvalue weighted by Gasteiger charge is -2.25. The summed E-state index contributed by atoms with van der Waals surface area (Å²) >= 11 is 2.20. The van der Waals surface area contributed by atoms with E-state index in [-0.39, 0.29) is 5.57 Å². The molecular formula is C15H17IO4. The molecule has 4 nitrogen and oxygen atoms in total. The van der Waals surface area contributed by atoms with Gasteiger partial charge in [-0.15, -0.1) is 0 Å². The number of carbonyl (C=O) groups excluding carboxylic acids is 2. The SMILES string of the molecule is C=C(C)C(=O)OCC(=O)OC(C)(C)c1ccc(I)cc1. The van der Waals surface area contributed by atoms with Crippen LogP contribution in [0.25, 0.3) is 0 Å². The largest absolute Gasteiger partial charge is 0.452 e. The van der Waals surface area contributed by atoms with Gasteiger partial charge < -0.3 is 9.47 Å². The van der Waals surface area contributed by atoms with Crippen LogP contribution in [0.3, 0.4) is 0 Å². The summed E-state index contributed by atoms with van der Waals surface area (Å²) in [6, 6.07) is 7.67. The lowest BCUT2D eigenvalue weighted by Crippen LogP contribution is -2.28. The molecular weight excluding hydrogens is 371 g/mol. The van der Waals surface area contributed by atoms with Gasteiger partial charge in [-0.2, -0.15) is 0 Å². The maximum Gasteiger partial charge on any atom is 0.345 e. The number of benzene rings is 1. The van der Waals surface area contributed by atoms with Crippen LogP contribution < -0.4 is 0 Å². The van der Waals surface area contributed by atoms with E-state index in [2.05, 4.69) is 29.2 Å². The lowest BCUT2D eigenvalue weighted by atomic mass is 9.98. The lowest BCUT2D eigenvalue weighted by molar-refractivity contribution is -0.167. The van der Waals surface area contributed by atoms with Crippen LogP contribution in [0.5, 0.6) is 0 Å². The molecule has 0 saturated carbocycles. The van der Waals surface area contributed by atoms with Crippen molar-refractivity contribution in [3.63, 3.8) is 0 Å². The molecule has 0 bridgehead atoms. The first-order valence-electron chi connectivity index (χ1n) is 6.03. The zero-order chi connectivity index (χ0) is 15.3. The molecule has 0 aromatic heterocycles. The van der Waals surface area contributed by atoms with Crippen LogP contribution in [-0.2, 0) is 24.7 Å². The molecule has 0 aliphatic rings.